The van der Waals surface area contributed by atoms with Crippen LogP contribution in [0, 0.1) is 0 Å². The smallest absolute Gasteiger partial charge is 0.167 e. The molecule has 1 aliphatic rings. The molecule has 102 valence electrons. The van der Waals surface area contributed by atoms with Crippen molar-refractivity contribution in [2.45, 2.75) is 50.5 Å². The number of hydrogen-bond donors (Lipinski definition) is 3. The zero-order chi connectivity index (χ0) is 13.1. The van der Waals surface area contributed by atoms with Gasteiger partial charge in [0.1, 0.15) is 5.82 Å². The van der Waals surface area contributed by atoms with Crippen molar-refractivity contribution in [3.63, 3.8) is 0 Å². The molecular formula is C13H20N6. The highest BCUT2D eigenvalue weighted by Gasteiger charge is 2.21. The van der Waals surface area contributed by atoms with Crippen molar-refractivity contribution < 1.29 is 0 Å². The number of hydrogen-bond acceptors (Lipinski definition) is 4. The van der Waals surface area contributed by atoms with Crippen molar-refractivity contribution in [2.75, 3.05) is 0 Å². The van der Waals surface area contributed by atoms with E-state index < -0.39 is 0 Å². The van der Waals surface area contributed by atoms with E-state index in [-0.39, 0.29) is 6.04 Å². The second-order valence-electron chi connectivity index (χ2n) is 5.30. The number of aromatic amines is 2. The molecule has 6 nitrogen and oxygen atoms in total. The number of nitrogens with one attached hydrogen (secondary N) is 2. The van der Waals surface area contributed by atoms with E-state index in [4.69, 9.17) is 5.73 Å². The first-order valence-corrected chi connectivity index (χ1v) is 6.98. The summed E-state index contributed by atoms with van der Waals surface area (Å²) in [6, 6.07) is -0.186. The first-order valence-electron chi connectivity index (χ1n) is 6.98. The summed E-state index contributed by atoms with van der Waals surface area (Å²) in [7, 11) is 0. The molecule has 0 saturated heterocycles. The molecule has 0 spiro atoms. The van der Waals surface area contributed by atoms with Crippen LogP contribution in [0.3, 0.4) is 0 Å². The van der Waals surface area contributed by atoms with Gasteiger partial charge in [-0.05, 0) is 12.8 Å². The highest BCUT2D eigenvalue weighted by molar-refractivity contribution is 5.06. The van der Waals surface area contributed by atoms with Crippen LogP contribution in [0.1, 0.15) is 61.4 Å². The maximum atomic E-state index is 6.14. The van der Waals surface area contributed by atoms with Crippen LogP contribution in [0.2, 0.25) is 0 Å². The van der Waals surface area contributed by atoms with Gasteiger partial charge in [0.2, 0.25) is 0 Å². The number of H-pyrrole nitrogens is 2. The topological polar surface area (TPSA) is 96.3 Å². The standard InChI is InChI=1S/C13H20N6/c14-11(6-10-7-15-8-16-10)13-17-12(18-19-13)9-4-2-1-3-5-9/h7-9,11H,1-6,14H2,(H,15,16)(H,17,18,19)/t11-/m0/s1. The van der Waals surface area contributed by atoms with Gasteiger partial charge in [-0.1, -0.05) is 19.3 Å². The van der Waals surface area contributed by atoms with Crippen LogP contribution in [0.15, 0.2) is 12.5 Å². The third-order valence-corrected chi connectivity index (χ3v) is 3.84. The molecule has 1 fully saturated rings. The lowest BCUT2D eigenvalue weighted by atomic mass is 9.89. The Bertz CT molecular complexity index is 497. The van der Waals surface area contributed by atoms with Gasteiger partial charge in [-0.2, -0.15) is 5.10 Å². The average molecular weight is 260 g/mol. The predicted octanol–water partition coefficient (Wildman–Crippen LogP) is 1.82. The fourth-order valence-corrected chi connectivity index (χ4v) is 2.74. The third kappa shape index (κ3) is 2.84. The van der Waals surface area contributed by atoms with Gasteiger partial charge in [-0.3, -0.25) is 5.10 Å². The molecule has 1 aliphatic carbocycles. The van der Waals surface area contributed by atoms with Crippen LogP contribution in [-0.4, -0.2) is 25.1 Å². The fraction of sp³-hybridized carbons (Fsp3) is 0.615. The normalized spacial score (nSPS) is 18.6. The minimum absolute atomic E-state index is 0.186. The molecule has 0 bridgehead atoms. The van der Waals surface area contributed by atoms with Crippen LogP contribution in [0.4, 0.5) is 0 Å². The summed E-state index contributed by atoms with van der Waals surface area (Å²) >= 11 is 0. The van der Waals surface area contributed by atoms with E-state index in [1.165, 1.54) is 32.1 Å². The molecule has 2 aromatic heterocycles. The number of nitrogens with two attached hydrogens (primary N) is 1. The molecule has 0 amide bonds. The number of nitrogens with zero attached hydrogens (tertiary/aromatic N) is 3. The molecule has 0 aromatic carbocycles. The van der Waals surface area contributed by atoms with Gasteiger partial charge in [0, 0.05) is 24.2 Å². The van der Waals surface area contributed by atoms with Crippen molar-refractivity contribution in [3.8, 4) is 0 Å². The molecule has 0 aliphatic heterocycles. The third-order valence-electron chi connectivity index (χ3n) is 3.84. The fourth-order valence-electron chi connectivity index (χ4n) is 2.74. The highest BCUT2D eigenvalue weighted by atomic mass is 15.2. The SMILES string of the molecule is N[C@@H](Cc1cnc[nH]1)c1n[nH]c(C2CCCCC2)n1. The Morgan fingerprint density at radius 3 is 2.89 bits per heavy atom. The summed E-state index contributed by atoms with van der Waals surface area (Å²) < 4.78 is 0. The summed E-state index contributed by atoms with van der Waals surface area (Å²) in [5.41, 5.74) is 7.15. The monoisotopic (exact) mass is 260 g/mol. The maximum Gasteiger partial charge on any atom is 0.167 e. The highest BCUT2D eigenvalue weighted by Crippen LogP contribution is 2.30. The summed E-state index contributed by atoms with van der Waals surface area (Å²) in [6.07, 6.45) is 10.5. The molecule has 2 heterocycles. The van der Waals surface area contributed by atoms with E-state index in [9.17, 15) is 0 Å². The molecule has 4 N–H and O–H groups in total. The largest absolute Gasteiger partial charge is 0.348 e. The summed E-state index contributed by atoms with van der Waals surface area (Å²) in [4.78, 5) is 11.6. The second kappa shape index (κ2) is 5.52. The van der Waals surface area contributed by atoms with E-state index in [2.05, 4.69) is 25.1 Å². The van der Waals surface area contributed by atoms with Gasteiger partial charge in [0.05, 0.1) is 12.4 Å². The molecule has 3 rings (SSSR count). The molecule has 1 atom stereocenters. The molecule has 0 unspecified atom stereocenters. The van der Waals surface area contributed by atoms with Gasteiger partial charge in [0.15, 0.2) is 5.82 Å². The van der Waals surface area contributed by atoms with Gasteiger partial charge >= 0.3 is 0 Å². The van der Waals surface area contributed by atoms with Crippen molar-refractivity contribution in [1.29, 1.82) is 0 Å². The Kier molecular flexibility index (Phi) is 3.59. The molecule has 6 heteroatoms. The summed E-state index contributed by atoms with van der Waals surface area (Å²) in [5.74, 6) is 2.25. The zero-order valence-corrected chi connectivity index (χ0v) is 11.0. The minimum Gasteiger partial charge on any atom is -0.348 e. The quantitative estimate of drug-likeness (QED) is 0.781. The van der Waals surface area contributed by atoms with Crippen molar-refractivity contribution >= 4 is 0 Å². The summed E-state index contributed by atoms with van der Waals surface area (Å²) in [5, 5.41) is 7.35. The average Bonchev–Trinajstić information content (AvgIpc) is 3.10. The van der Waals surface area contributed by atoms with Crippen molar-refractivity contribution in [1.82, 2.24) is 25.1 Å². The van der Waals surface area contributed by atoms with E-state index in [1.54, 1.807) is 12.5 Å². The Labute approximate surface area is 112 Å². The van der Waals surface area contributed by atoms with Gasteiger partial charge < -0.3 is 10.7 Å². The maximum absolute atomic E-state index is 6.14. The van der Waals surface area contributed by atoms with Crippen molar-refractivity contribution in [2.24, 2.45) is 5.73 Å². The van der Waals surface area contributed by atoms with E-state index in [0.29, 0.717) is 18.2 Å². The van der Waals surface area contributed by atoms with Crippen LogP contribution in [-0.2, 0) is 6.42 Å². The lowest BCUT2D eigenvalue weighted by molar-refractivity contribution is 0.429. The van der Waals surface area contributed by atoms with Crippen LogP contribution >= 0.6 is 0 Å². The Morgan fingerprint density at radius 1 is 1.32 bits per heavy atom. The lowest BCUT2D eigenvalue weighted by Crippen LogP contribution is -2.15. The second-order valence-corrected chi connectivity index (χ2v) is 5.30. The first-order chi connectivity index (χ1) is 9.33. The van der Waals surface area contributed by atoms with E-state index in [0.717, 1.165) is 11.5 Å². The molecule has 19 heavy (non-hydrogen) atoms. The van der Waals surface area contributed by atoms with Gasteiger partial charge in [0.25, 0.3) is 0 Å². The predicted molar refractivity (Wildman–Crippen MR) is 71.4 cm³/mol. The number of imidazole rings is 1. The molecular weight excluding hydrogens is 240 g/mol. The Balaban J connectivity index is 1.66. The summed E-state index contributed by atoms with van der Waals surface area (Å²) in [6.45, 7) is 0. The molecule has 0 radical (unpaired) electrons. The lowest BCUT2D eigenvalue weighted by Gasteiger charge is -2.18. The zero-order valence-electron chi connectivity index (χ0n) is 11.0. The molecule has 1 saturated carbocycles. The minimum atomic E-state index is -0.186. The first kappa shape index (κ1) is 12.3. The van der Waals surface area contributed by atoms with E-state index in [1.807, 2.05) is 0 Å². The Hall–Kier alpha value is -1.69. The van der Waals surface area contributed by atoms with Gasteiger partial charge in [-0.25, -0.2) is 9.97 Å². The number of rotatable bonds is 4. The van der Waals surface area contributed by atoms with Gasteiger partial charge in [-0.15, -0.1) is 0 Å². The van der Waals surface area contributed by atoms with Crippen LogP contribution < -0.4 is 5.73 Å². The van der Waals surface area contributed by atoms with Crippen LogP contribution in [0.5, 0.6) is 0 Å². The van der Waals surface area contributed by atoms with Crippen molar-refractivity contribution in [3.05, 3.63) is 29.9 Å². The van der Waals surface area contributed by atoms with Crippen LogP contribution in [0.25, 0.3) is 0 Å². The Morgan fingerprint density at radius 2 is 2.16 bits per heavy atom. The molecule has 2 aromatic rings. The number of aromatic nitrogens is 5. The van der Waals surface area contributed by atoms with E-state index >= 15 is 0 Å².